The Morgan fingerprint density at radius 2 is 2.12 bits per heavy atom. The number of fused-ring (bicyclic) bond motifs is 5. The van der Waals surface area contributed by atoms with Crippen molar-refractivity contribution in [3.8, 4) is 11.5 Å². The fraction of sp³-hybridized carbons (Fsp3) is 0.700. The number of aryl methyl sites for hydroxylation is 1. The summed E-state index contributed by atoms with van der Waals surface area (Å²) >= 11 is 0. The minimum absolute atomic E-state index is 0.173. The molecule has 140 valence electrons. The summed E-state index contributed by atoms with van der Waals surface area (Å²) in [5.74, 6) is 2.18. The number of benzene rings is 1. The molecule has 6 heteroatoms. The first-order valence-corrected chi connectivity index (χ1v) is 9.56. The summed E-state index contributed by atoms with van der Waals surface area (Å²) in [6.07, 6.45) is 5.68. The van der Waals surface area contributed by atoms with Crippen molar-refractivity contribution in [2.45, 2.75) is 57.0 Å². The Kier molecular flexibility index (Phi) is 4.08. The molecule has 0 bridgehead atoms. The van der Waals surface area contributed by atoms with Crippen LogP contribution in [0.25, 0.3) is 10.4 Å². The van der Waals surface area contributed by atoms with Crippen LogP contribution in [-0.4, -0.2) is 29.5 Å². The highest BCUT2D eigenvalue weighted by Gasteiger charge is 2.61. The van der Waals surface area contributed by atoms with Gasteiger partial charge in [0.25, 0.3) is 0 Å². The molecule has 1 aromatic rings. The molecule has 6 nitrogen and oxygen atoms in total. The Balaban J connectivity index is 1.68. The van der Waals surface area contributed by atoms with Crippen molar-refractivity contribution in [2.75, 3.05) is 13.7 Å². The van der Waals surface area contributed by atoms with Crippen molar-refractivity contribution < 1.29 is 14.9 Å². The molecule has 0 radical (unpaired) electrons. The van der Waals surface area contributed by atoms with Crippen LogP contribution in [0.3, 0.4) is 0 Å². The van der Waals surface area contributed by atoms with Crippen LogP contribution < -0.4 is 4.74 Å². The van der Waals surface area contributed by atoms with E-state index in [1.165, 1.54) is 11.1 Å². The lowest BCUT2D eigenvalue weighted by Crippen LogP contribution is -2.52. The maximum absolute atomic E-state index is 11.3. The first-order valence-electron chi connectivity index (χ1n) is 9.56. The number of hydrogen-bond donors (Lipinski definition) is 2. The van der Waals surface area contributed by atoms with Crippen LogP contribution in [-0.2, 0) is 6.42 Å². The van der Waals surface area contributed by atoms with Gasteiger partial charge in [-0.25, -0.2) is 0 Å². The molecule has 0 unspecified atom stereocenters. The average molecular weight is 357 g/mol. The molecule has 26 heavy (non-hydrogen) atoms. The summed E-state index contributed by atoms with van der Waals surface area (Å²) in [5.41, 5.74) is 10.2. The van der Waals surface area contributed by atoms with Gasteiger partial charge in [-0.1, -0.05) is 12.0 Å². The second kappa shape index (κ2) is 6.07. The van der Waals surface area contributed by atoms with Gasteiger partial charge in [0.05, 0.1) is 19.3 Å². The van der Waals surface area contributed by atoms with E-state index >= 15 is 0 Å². The molecule has 1 aromatic carbocycles. The predicted molar refractivity (Wildman–Crippen MR) is 98.2 cm³/mol. The van der Waals surface area contributed by atoms with Crippen LogP contribution in [0, 0.1) is 17.3 Å². The van der Waals surface area contributed by atoms with Crippen molar-refractivity contribution >= 4 is 0 Å². The quantitative estimate of drug-likeness (QED) is 0.479. The van der Waals surface area contributed by atoms with Crippen molar-refractivity contribution in [3.63, 3.8) is 0 Å². The second-order valence-electron chi connectivity index (χ2n) is 8.55. The summed E-state index contributed by atoms with van der Waals surface area (Å²) in [6, 6.07) is 3.89. The number of azide groups is 1. The van der Waals surface area contributed by atoms with E-state index in [9.17, 15) is 10.2 Å². The Labute approximate surface area is 153 Å². The highest BCUT2D eigenvalue weighted by molar-refractivity contribution is 5.49. The molecular formula is C20H27N3O3. The molecular weight excluding hydrogens is 330 g/mol. The Morgan fingerprint density at radius 3 is 2.85 bits per heavy atom. The molecule has 0 amide bonds. The molecule has 2 saturated carbocycles. The molecule has 3 aliphatic carbocycles. The van der Waals surface area contributed by atoms with Crippen LogP contribution in [0.4, 0.5) is 0 Å². The minimum Gasteiger partial charge on any atom is -0.504 e. The van der Waals surface area contributed by atoms with Gasteiger partial charge in [0.1, 0.15) is 0 Å². The third-order valence-corrected chi connectivity index (χ3v) is 7.74. The highest BCUT2D eigenvalue weighted by atomic mass is 16.5. The minimum atomic E-state index is -0.887. The van der Waals surface area contributed by atoms with Gasteiger partial charge in [0.15, 0.2) is 11.5 Å². The second-order valence-corrected chi connectivity index (χ2v) is 8.55. The number of aromatic hydroxyl groups is 1. The van der Waals surface area contributed by atoms with E-state index in [4.69, 9.17) is 10.3 Å². The van der Waals surface area contributed by atoms with E-state index < -0.39 is 5.60 Å². The number of nitrogens with zero attached hydrogens (tertiary/aromatic N) is 3. The molecule has 0 heterocycles. The van der Waals surface area contributed by atoms with Crippen molar-refractivity contribution in [2.24, 2.45) is 22.4 Å². The monoisotopic (exact) mass is 357 g/mol. The number of methoxy groups -OCH3 is 1. The van der Waals surface area contributed by atoms with Gasteiger partial charge in [-0.05, 0) is 90.5 Å². The van der Waals surface area contributed by atoms with Gasteiger partial charge in [-0.3, -0.25) is 0 Å². The Morgan fingerprint density at radius 1 is 1.31 bits per heavy atom. The van der Waals surface area contributed by atoms with Crippen LogP contribution in [0.2, 0.25) is 0 Å². The Bertz CT molecular complexity index is 776. The standard InChI is InChI=1S/C20H27N3O3/c1-19-7-5-13-14(16(19)6-8-20(19,25)11-22-23-21)4-3-12-9-17(24)18(26-2)10-15(12)13/h9-10,13-14,16,24-25H,3-8,11H2,1-2H3/t13-,14+,16-,19-,20+/m0/s1. The summed E-state index contributed by atoms with van der Waals surface area (Å²) in [4.78, 5) is 2.88. The molecule has 5 atom stereocenters. The van der Waals surface area contributed by atoms with E-state index in [1.54, 1.807) is 7.11 Å². The maximum Gasteiger partial charge on any atom is 0.160 e. The average Bonchev–Trinajstić information content (AvgIpc) is 2.90. The third-order valence-electron chi connectivity index (χ3n) is 7.74. The summed E-state index contributed by atoms with van der Waals surface area (Å²) in [7, 11) is 1.59. The summed E-state index contributed by atoms with van der Waals surface area (Å²) in [6.45, 7) is 2.37. The van der Waals surface area contributed by atoms with Crippen LogP contribution >= 0.6 is 0 Å². The molecule has 4 rings (SSSR count). The molecule has 0 aliphatic heterocycles. The van der Waals surface area contributed by atoms with E-state index in [0.29, 0.717) is 29.9 Å². The summed E-state index contributed by atoms with van der Waals surface area (Å²) in [5, 5.41) is 25.1. The van der Waals surface area contributed by atoms with E-state index in [1.807, 2.05) is 12.1 Å². The Hall–Kier alpha value is -1.91. The van der Waals surface area contributed by atoms with Gasteiger partial charge >= 0.3 is 0 Å². The fourth-order valence-corrected chi connectivity index (χ4v) is 6.27. The summed E-state index contributed by atoms with van der Waals surface area (Å²) < 4.78 is 5.34. The molecule has 0 spiro atoms. The first-order chi connectivity index (χ1) is 12.4. The van der Waals surface area contributed by atoms with Crippen LogP contribution in [0.1, 0.15) is 56.1 Å². The molecule has 3 aliphatic rings. The van der Waals surface area contributed by atoms with E-state index in [0.717, 1.165) is 32.1 Å². The fourth-order valence-electron chi connectivity index (χ4n) is 6.27. The number of hydrogen-bond acceptors (Lipinski definition) is 4. The van der Waals surface area contributed by atoms with Crippen molar-refractivity contribution in [3.05, 3.63) is 33.7 Å². The van der Waals surface area contributed by atoms with Gasteiger partial charge in [0, 0.05) is 4.91 Å². The van der Waals surface area contributed by atoms with Crippen LogP contribution in [0.15, 0.2) is 17.2 Å². The zero-order valence-electron chi connectivity index (χ0n) is 15.5. The lowest BCUT2D eigenvalue weighted by molar-refractivity contribution is -0.0958. The normalized spacial score (nSPS) is 37.9. The lowest BCUT2D eigenvalue weighted by Gasteiger charge is -2.53. The van der Waals surface area contributed by atoms with Crippen molar-refractivity contribution in [1.29, 1.82) is 0 Å². The van der Waals surface area contributed by atoms with Crippen LogP contribution in [0.5, 0.6) is 11.5 Å². The number of rotatable bonds is 3. The SMILES string of the molecule is COc1cc2c(cc1O)CC[C@@H]1[C@@H]2CC[C@@]2(C)[C@H]1CC[C@@]2(O)CN=[N+]=[N-]. The number of aliphatic hydroxyl groups is 1. The maximum atomic E-state index is 11.3. The molecule has 0 aromatic heterocycles. The molecule has 0 saturated heterocycles. The largest absolute Gasteiger partial charge is 0.504 e. The topological polar surface area (TPSA) is 98.5 Å². The van der Waals surface area contributed by atoms with Gasteiger partial charge in [-0.2, -0.15) is 0 Å². The first kappa shape index (κ1) is 17.5. The van der Waals surface area contributed by atoms with Crippen molar-refractivity contribution in [1.82, 2.24) is 0 Å². The predicted octanol–water partition coefficient (Wildman–Crippen LogP) is 4.30. The molecule has 2 fully saturated rings. The molecule has 2 N–H and O–H groups in total. The van der Waals surface area contributed by atoms with Gasteiger partial charge in [-0.15, -0.1) is 0 Å². The number of ether oxygens (including phenoxy) is 1. The smallest absolute Gasteiger partial charge is 0.160 e. The zero-order chi connectivity index (χ0) is 18.5. The number of phenols is 1. The lowest BCUT2D eigenvalue weighted by atomic mass is 9.53. The third kappa shape index (κ3) is 2.32. The number of phenolic OH excluding ortho intramolecular Hbond substituents is 1. The van der Waals surface area contributed by atoms with E-state index in [-0.39, 0.29) is 17.7 Å². The van der Waals surface area contributed by atoms with Gasteiger partial charge < -0.3 is 14.9 Å². The van der Waals surface area contributed by atoms with E-state index in [2.05, 4.69) is 16.9 Å². The highest BCUT2D eigenvalue weighted by Crippen LogP contribution is 2.64. The zero-order valence-corrected chi connectivity index (χ0v) is 15.5. The van der Waals surface area contributed by atoms with Gasteiger partial charge in [0.2, 0.25) is 0 Å².